The Bertz CT molecular complexity index is 948. The summed E-state index contributed by atoms with van der Waals surface area (Å²) >= 11 is 0. The summed E-state index contributed by atoms with van der Waals surface area (Å²) in [5.74, 6) is -0.0842. The van der Waals surface area contributed by atoms with Crippen molar-refractivity contribution in [2.24, 2.45) is 0 Å². The lowest BCUT2D eigenvalue weighted by Crippen LogP contribution is -2.16. The molecule has 2 aromatic heterocycles. The van der Waals surface area contributed by atoms with Crippen LogP contribution < -0.4 is 0 Å². The molecule has 0 radical (unpaired) electrons. The standard InChI is InChI=1S/C20H20N4O3/c1-13(2)27-20(26)16-5-4-14(3)10-15(16)11-18(25)17-6-7-19(23-22-17)24-9-8-21-12-24/h4-10,12-13H,11H2,1-3H3. The summed E-state index contributed by atoms with van der Waals surface area (Å²) in [6.45, 7) is 5.48. The van der Waals surface area contributed by atoms with E-state index in [2.05, 4.69) is 15.2 Å². The van der Waals surface area contributed by atoms with Crippen molar-refractivity contribution < 1.29 is 14.3 Å². The van der Waals surface area contributed by atoms with Gasteiger partial charge >= 0.3 is 5.97 Å². The van der Waals surface area contributed by atoms with Crippen molar-refractivity contribution in [2.45, 2.75) is 33.3 Å². The van der Waals surface area contributed by atoms with Crippen molar-refractivity contribution in [1.29, 1.82) is 0 Å². The quantitative estimate of drug-likeness (QED) is 0.494. The fourth-order valence-corrected chi connectivity index (χ4v) is 2.62. The highest BCUT2D eigenvalue weighted by Gasteiger charge is 2.18. The monoisotopic (exact) mass is 364 g/mol. The number of aromatic nitrogens is 4. The largest absolute Gasteiger partial charge is 0.459 e. The van der Waals surface area contributed by atoms with E-state index in [4.69, 9.17) is 4.74 Å². The van der Waals surface area contributed by atoms with Gasteiger partial charge in [-0.1, -0.05) is 17.7 Å². The van der Waals surface area contributed by atoms with Gasteiger partial charge in [-0.15, -0.1) is 10.2 Å². The van der Waals surface area contributed by atoms with Gasteiger partial charge in [0, 0.05) is 18.8 Å². The number of ether oxygens (including phenoxy) is 1. The smallest absolute Gasteiger partial charge is 0.338 e. The van der Waals surface area contributed by atoms with Crippen molar-refractivity contribution >= 4 is 11.8 Å². The van der Waals surface area contributed by atoms with Gasteiger partial charge in [0.15, 0.2) is 11.6 Å². The molecule has 0 unspecified atom stereocenters. The van der Waals surface area contributed by atoms with Crippen molar-refractivity contribution in [2.75, 3.05) is 0 Å². The van der Waals surface area contributed by atoms with Crippen LogP contribution in [-0.2, 0) is 11.2 Å². The van der Waals surface area contributed by atoms with E-state index >= 15 is 0 Å². The van der Waals surface area contributed by atoms with Gasteiger partial charge in [0.1, 0.15) is 12.0 Å². The van der Waals surface area contributed by atoms with Gasteiger partial charge in [-0.05, 0) is 44.5 Å². The van der Waals surface area contributed by atoms with E-state index in [-0.39, 0.29) is 24.0 Å². The minimum Gasteiger partial charge on any atom is -0.459 e. The number of rotatable bonds is 6. The maximum absolute atomic E-state index is 12.6. The molecule has 0 saturated carbocycles. The van der Waals surface area contributed by atoms with Crippen molar-refractivity contribution in [3.8, 4) is 5.82 Å². The van der Waals surface area contributed by atoms with Gasteiger partial charge in [0.05, 0.1) is 11.7 Å². The Morgan fingerprint density at radius 1 is 1.15 bits per heavy atom. The molecule has 0 atom stereocenters. The van der Waals surface area contributed by atoms with Gasteiger partial charge in [-0.25, -0.2) is 9.78 Å². The first-order valence-electron chi connectivity index (χ1n) is 8.60. The van der Waals surface area contributed by atoms with Crippen LogP contribution in [0.3, 0.4) is 0 Å². The molecule has 0 aliphatic rings. The first-order chi connectivity index (χ1) is 12.9. The Hall–Kier alpha value is -3.35. The number of ketones is 1. The average molecular weight is 364 g/mol. The highest BCUT2D eigenvalue weighted by Crippen LogP contribution is 2.17. The van der Waals surface area contributed by atoms with E-state index in [0.29, 0.717) is 16.9 Å². The molecule has 3 aromatic rings. The average Bonchev–Trinajstić information content (AvgIpc) is 3.16. The molecule has 0 N–H and O–H groups in total. The zero-order chi connectivity index (χ0) is 19.4. The van der Waals surface area contributed by atoms with Crippen molar-refractivity contribution in [1.82, 2.24) is 19.7 Å². The Labute approximate surface area is 157 Å². The molecular weight excluding hydrogens is 344 g/mol. The van der Waals surface area contributed by atoms with E-state index in [1.165, 1.54) is 0 Å². The highest BCUT2D eigenvalue weighted by atomic mass is 16.5. The molecule has 3 rings (SSSR count). The van der Waals surface area contributed by atoms with Crippen LogP contribution in [0, 0.1) is 6.92 Å². The first-order valence-corrected chi connectivity index (χ1v) is 8.60. The third-order valence-electron chi connectivity index (χ3n) is 3.88. The van der Waals surface area contributed by atoms with Crippen molar-refractivity contribution in [3.63, 3.8) is 0 Å². The summed E-state index contributed by atoms with van der Waals surface area (Å²) < 4.78 is 6.97. The SMILES string of the molecule is Cc1ccc(C(=O)OC(C)C)c(CC(=O)c2ccc(-n3ccnc3)nn2)c1. The van der Waals surface area contributed by atoms with E-state index in [0.717, 1.165) is 5.56 Å². The number of hydrogen-bond acceptors (Lipinski definition) is 6. The van der Waals surface area contributed by atoms with E-state index in [1.807, 2.05) is 19.1 Å². The second-order valence-electron chi connectivity index (χ2n) is 6.46. The number of aryl methyl sites for hydroxylation is 1. The third kappa shape index (κ3) is 4.44. The number of carbonyl (C=O) groups is 2. The normalized spacial score (nSPS) is 10.8. The molecule has 7 nitrogen and oxygen atoms in total. The van der Waals surface area contributed by atoms with Crippen molar-refractivity contribution in [3.05, 3.63) is 71.4 Å². The summed E-state index contributed by atoms with van der Waals surface area (Å²) in [6.07, 6.45) is 4.79. The maximum Gasteiger partial charge on any atom is 0.338 e. The minimum atomic E-state index is -0.436. The summed E-state index contributed by atoms with van der Waals surface area (Å²) in [6, 6.07) is 8.65. The maximum atomic E-state index is 12.6. The Balaban J connectivity index is 1.81. The van der Waals surface area contributed by atoms with Gasteiger partial charge in [0.2, 0.25) is 0 Å². The lowest BCUT2D eigenvalue weighted by atomic mass is 9.98. The van der Waals surface area contributed by atoms with Gasteiger partial charge in [0.25, 0.3) is 0 Å². The molecule has 27 heavy (non-hydrogen) atoms. The fourth-order valence-electron chi connectivity index (χ4n) is 2.62. The fraction of sp³-hybridized carbons (Fsp3) is 0.250. The number of nitrogens with zero attached hydrogens (tertiary/aromatic N) is 4. The molecule has 0 aliphatic carbocycles. The van der Waals surface area contributed by atoms with Crippen LogP contribution in [0.15, 0.2) is 49.1 Å². The molecule has 2 heterocycles. The number of Topliss-reactive ketones (excluding diaryl/α,β-unsaturated/α-hetero) is 1. The molecule has 0 saturated heterocycles. The Morgan fingerprint density at radius 2 is 1.96 bits per heavy atom. The molecule has 0 amide bonds. The van der Waals surface area contributed by atoms with Crippen LogP contribution in [0.1, 0.15) is 45.8 Å². The molecule has 7 heteroatoms. The molecule has 138 valence electrons. The summed E-state index contributed by atoms with van der Waals surface area (Å²) in [5, 5.41) is 8.07. The molecule has 0 fully saturated rings. The molecule has 1 aromatic carbocycles. The lowest BCUT2D eigenvalue weighted by molar-refractivity contribution is 0.0377. The Kier molecular flexibility index (Phi) is 5.40. The number of esters is 1. The van der Waals surface area contributed by atoms with E-state index < -0.39 is 5.97 Å². The van der Waals surface area contributed by atoms with Gasteiger partial charge in [-0.2, -0.15) is 0 Å². The molecular formula is C20H20N4O3. The van der Waals surface area contributed by atoms with Crippen LogP contribution >= 0.6 is 0 Å². The number of carbonyl (C=O) groups excluding carboxylic acids is 2. The summed E-state index contributed by atoms with van der Waals surface area (Å²) in [5.41, 5.74) is 2.21. The topological polar surface area (TPSA) is 87.0 Å². The lowest BCUT2D eigenvalue weighted by Gasteiger charge is -2.12. The first kappa shape index (κ1) is 18.4. The van der Waals surface area contributed by atoms with E-state index in [9.17, 15) is 9.59 Å². The van der Waals surface area contributed by atoms with Crippen LogP contribution in [-0.4, -0.2) is 37.6 Å². The predicted octanol–water partition coefficient (Wildman–Crippen LogP) is 2.96. The molecule has 0 spiro atoms. The highest BCUT2D eigenvalue weighted by molar-refractivity contribution is 5.98. The zero-order valence-electron chi connectivity index (χ0n) is 15.4. The van der Waals surface area contributed by atoms with Crippen LogP contribution in [0.2, 0.25) is 0 Å². The van der Waals surface area contributed by atoms with Gasteiger partial charge in [-0.3, -0.25) is 9.36 Å². The molecule has 0 bridgehead atoms. The van der Waals surface area contributed by atoms with Crippen LogP contribution in [0.4, 0.5) is 0 Å². The van der Waals surface area contributed by atoms with Crippen LogP contribution in [0.5, 0.6) is 0 Å². The molecule has 0 aliphatic heterocycles. The predicted molar refractivity (Wildman–Crippen MR) is 98.9 cm³/mol. The summed E-state index contributed by atoms with van der Waals surface area (Å²) in [7, 11) is 0. The number of benzene rings is 1. The summed E-state index contributed by atoms with van der Waals surface area (Å²) in [4.78, 5) is 28.9. The Morgan fingerprint density at radius 3 is 2.59 bits per heavy atom. The minimum absolute atomic E-state index is 0.0450. The van der Waals surface area contributed by atoms with Gasteiger partial charge < -0.3 is 4.74 Å². The van der Waals surface area contributed by atoms with Crippen LogP contribution in [0.25, 0.3) is 5.82 Å². The number of imidazole rings is 1. The number of hydrogen-bond donors (Lipinski definition) is 0. The van der Waals surface area contributed by atoms with E-state index in [1.54, 1.807) is 55.3 Å². The zero-order valence-corrected chi connectivity index (χ0v) is 15.4. The second-order valence-corrected chi connectivity index (χ2v) is 6.46. The third-order valence-corrected chi connectivity index (χ3v) is 3.88. The second kappa shape index (κ2) is 7.90.